The highest BCUT2D eigenvalue weighted by Crippen LogP contribution is 2.40. The number of amides is 2. The van der Waals surface area contributed by atoms with Gasteiger partial charge in [0.25, 0.3) is 0 Å². The summed E-state index contributed by atoms with van der Waals surface area (Å²) in [5.74, 6) is 1.68. The Balaban J connectivity index is 1.64. The van der Waals surface area contributed by atoms with Crippen molar-refractivity contribution >= 4 is 11.8 Å². The maximum atomic E-state index is 12.7. The van der Waals surface area contributed by atoms with E-state index < -0.39 is 0 Å². The number of aromatic nitrogens is 3. The first kappa shape index (κ1) is 16.0. The highest BCUT2D eigenvalue weighted by molar-refractivity contribution is 5.87. The molecule has 0 saturated carbocycles. The molecule has 1 atom stereocenters. The summed E-state index contributed by atoms with van der Waals surface area (Å²) in [7, 11) is 0. The lowest BCUT2D eigenvalue weighted by atomic mass is 9.85. The molecule has 2 amide bonds. The zero-order valence-corrected chi connectivity index (χ0v) is 14.2. The molecular weight excluding hydrogens is 294 g/mol. The number of likely N-dealkylation sites (tertiary alicyclic amines) is 2. The molecule has 3 heterocycles. The van der Waals surface area contributed by atoms with Gasteiger partial charge in [-0.05, 0) is 33.1 Å². The predicted molar refractivity (Wildman–Crippen MR) is 84.6 cm³/mol. The second-order valence-electron chi connectivity index (χ2n) is 6.75. The Morgan fingerprint density at radius 3 is 2.65 bits per heavy atom. The first-order chi connectivity index (χ1) is 10.9. The minimum Gasteiger partial charge on any atom is -0.342 e. The molecule has 0 aliphatic carbocycles. The molecule has 0 N–H and O–H groups in total. The number of hydrogen-bond acceptors (Lipinski definition) is 4. The molecular formula is C16H25N5O2. The summed E-state index contributed by atoms with van der Waals surface area (Å²) in [5.41, 5.74) is -0.335. The van der Waals surface area contributed by atoms with Crippen molar-refractivity contribution in [3.05, 3.63) is 11.6 Å². The number of carbonyl (C=O) groups excluding carboxylic acids is 2. The van der Waals surface area contributed by atoms with E-state index in [1.807, 2.05) is 23.6 Å². The molecule has 3 rings (SSSR count). The van der Waals surface area contributed by atoms with Gasteiger partial charge in [-0.25, -0.2) is 9.67 Å². The van der Waals surface area contributed by atoms with Crippen molar-refractivity contribution in [2.24, 2.45) is 5.41 Å². The predicted octanol–water partition coefficient (Wildman–Crippen LogP) is 0.756. The first-order valence-corrected chi connectivity index (χ1v) is 8.40. The fourth-order valence-electron chi connectivity index (χ4n) is 3.78. The minimum atomic E-state index is -0.335. The lowest BCUT2D eigenvalue weighted by Gasteiger charge is -2.23. The maximum Gasteiger partial charge on any atom is 0.244 e. The quantitative estimate of drug-likeness (QED) is 0.821. The van der Waals surface area contributed by atoms with Crippen LogP contribution in [0.2, 0.25) is 0 Å². The Labute approximate surface area is 136 Å². The number of hydrogen-bond donors (Lipinski definition) is 0. The van der Waals surface area contributed by atoms with Crippen LogP contribution in [0.4, 0.5) is 0 Å². The molecule has 1 aromatic heterocycles. The first-order valence-electron chi connectivity index (χ1n) is 8.40. The molecule has 1 unspecified atom stereocenters. The largest absolute Gasteiger partial charge is 0.342 e. The van der Waals surface area contributed by atoms with Gasteiger partial charge >= 0.3 is 0 Å². The van der Waals surface area contributed by atoms with E-state index >= 15 is 0 Å². The van der Waals surface area contributed by atoms with Crippen LogP contribution < -0.4 is 0 Å². The topological polar surface area (TPSA) is 71.3 Å². The van der Waals surface area contributed by atoms with Gasteiger partial charge in [0.15, 0.2) is 0 Å². The summed E-state index contributed by atoms with van der Waals surface area (Å²) in [5, 5.41) is 4.24. The molecule has 2 aliphatic rings. The molecule has 1 aromatic rings. The van der Waals surface area contributed by atoms with E-state index in [1.54, 1.807) is 4.68 Å². The molecule has 2 fully saturated rings. The SMILES string of the molecule is CCCN1CCC2(CCN(C(=O)Cn3nc(C)nc3C)C2)C1=O. The second-order valence-corrected chi connectivity index (χ2v) is 6.75. The van der Waals surface area contributed by atoms with Crippen molar-refractivity contribution in [2.45, 2.75) is 46.6 Å². The van der Waals surface area contributed by atoms with Gasteiger partial charge in [0.05, 0.1) is 5.41 Å². The monoisotopic (exact) mass is 319 g/mol. The number of carbonyl (C=O) groups is 2. The Morgan fingerprint density at radius 1 is 1.26 bits per heavy atom. The molecule has 7 nitrogen and oxygen atoms in total. The summed E-state index contributed by atoms with van der Waals surface area (Å²) in [6.07, 6.45) is 2.64. The van der Waals surface area contributed by atoms with Crippen LogP contribution in [0.1, 0.15) is 37.8 Å². The third kappa shape index (κ3) is 2.84. The molecule has 0 bridgehead atoms. The van der Waals surface area contributed by atoms with Gasteiger partial charge < -0.3 is 9.80 Å². The van der Waals surface area contributed by atoms with Crippen molar-refractivity contribution in [1.29, 1.82) is 0 Å². The van der Waals surface area contributed by atoms with Gasteiger partial charge in [-0.15, -0.1) is 0 Å². The van der Waals surface area contributed by atoms with Gasteiger partial charge in [-0.2, -0.15) is 5.10 Å². The van der Waals surface area contributed by atoms with Crippen molar-refractivity contribution in [3.63, 3.8) is 0 Å². The average molecular weight is 319 g/mol. The highest BCUT2D eigenvalue weighted by atomic mass is 16.2. The van der Waals surface area contributed by atoms with Crippen molar-refractivity contribution in [3.8, 4) is 0 Å². The molecule has 23 heavy (non-hydrogen) atoms. The number of rotatable bonds is 4. The smallest absolute Gasteiger partial charge is 0.244 e. The fourth-order valence-corrected chi connectivity index (χ4v) is 3.78. The van der Waals surface area contributed by atoms with Gasteiger partial charge in [-0.3, -0.25) is 9.59 Å². The highest BCUT2D eigenvalue weighted by Gasteiger charge is 2.51. The van der Waals surface area contributed by atoms with E-state index in [9.17, 15) is 9.59 Å². The maximum absolute atomic E-state index is 12.7. The van der Waals surface area contributed by atoms with Crippen LogP contribution >= 0.6 is 0 Å². The van der Waals surface area contributed by atoms with E-state index in [1.165, 1.54) is 0 Å². The van der Waals surface area contributed by atoms with Gasteiger partial charge in [-0.1, -0.05) is 6.92 Å². The zero-order valence-electron chi connectivity index (χ0n) is 14.2. The Hall–Kier alpha value is -1.92. The Kier molecular flexibility index (Phi) is 4.12. The molecule has 1 spiro atoms. The van der Waals surface area contributed by atoms with E-state index in [4.69, 9.17) is 0 Å². The Bertz CT molecular complexity index is 626. The lowest BCUT2D eigenvalue weighted by Crippen LogP contribution is -2.39. The van der Waals surface area contributed by atoms with Crippen molar-refractivity contribution in [2.75, 3.05) is 26.2 Å². The standard InChI is InChI=1S/C16H25N5O2/c1-4-7-19-8-5-16(15(19)23)6-9-20(11-16)14(22)10-21-13(3)17-12(2)18-21/h4-11H2,1-3H3. The summed E-state index contributed by atoms with van der Waals surface area (Å²) in [6, 6.07) is 0. The van der Waals surface area contributed by atoms with Gasteiger partial charge in [0.1, 0.15) is 18.2 Å². The van der Waals surface area contributed by atoms with E-state index in [0.29, 0.717) is 18.9 Å². The van der Waals surface area contributed by atoms with Crippen LogP contribution in [0.5, 0.6) is 0 Å². The van der Waals surface area contributed by atoms with Crippen LogP contribution in [0.15, 0.2) is 0 Å². The summed E-state index contributed by atoms with van der Waals surface area (Å²) >= 11 is 0. The zero-order chi connectivity index (χ0) is 16.6. The normalized spacial score (nSPS) is 24.2. The van der Waals surface area contributed by atoms with Crippen molar-refractivity contribution in [1.82, 2.24) is 24.6 Å². The third-order valence-electron chi connectivity index (χ3n) is 5.05. The lowest BCUT2D eigenvalue weighted by molar-refractivity contribution is -0.136. The van der Waals surface area contributed by atoms with Crippen LogP contribution in [-0.4, -0.2) is 62.6 Å². The molecule has 0 radical (unpaired) electrons. The average Bonchev–Trinajstić information content (AvgIpc) is 3.15. The number of nitrogens with zero attached hydrogens (tertiary/aromatic N) is 5. The third-order valence-corrected chi connectivity index (χ3v) is 5.05. The number of aryl methyl sites for hydroxylation is 2. The fraction of sp³-hybridized carbons (Fsp3) is 0.750. The van der Waals surface area contributed by atoms with Crippen LogP contribution in [0.3, 0.4) is 0 Å². The van der Waals surface area contributed by atoms with E-state index in [-0.39, 0.29) is 23.8 Å². The summed E-state index contributed by atoms with van der Waals surface area (Å²) < 4.78 is 1.64. The van der Waals surface area contributed by atoms with Crippen LogP contribution in [0.25, 0.3) is 0 Å². The summed E-state index contributed by atoms with van der Waals surface area (Å²) in [4.78, 5) is 33.2. The van der Waals surface area contributed by atoms with Crippen LogP contribution in [-0.2, 0) is 16.1 Å². The molecule has 0 aromatic carbocycles. The minimum absolute atomic E-state index is 0.0246. The molecule has 2 saturated heterocycles. The Morgan fingerprint density at radius 2 is 2.00 bits per heavy atom. The van der Waals surface area contributed by atoms with Crippen LogP contribution in [0, 0.1) is 19.3 Å². The van der Waals surface area contributed by atoms with Crippen molar-refractivity contribution < 1.29 is 9.59 Å². The van der Waals surface area contributed by atoms with E-state index in [0.717, 1.165) is 38.2 Å². The van der Waals surface area contributed by atoms with E-state index in [2.05, 4.69) is 17.0 Å². The summed E-state index contributed by atoms with van der Waals surface area (Å²) in [6.45, 7) is 8.83. The molecule has 2 aliphatic heterocycles. The van der Waals surface area contributed by atoms with Gasteiger partial charge in [0, 0.05) is 26.2 Å². The van der Waals surface area contributed by atoms with Gasteiger partial charge in [0.2, 0.25) is 11.8 Å². The second kappa shape index (κ2) is 5.94. The molecule has 126 valence electrons. The molecule has 7 heteroatoms.